The highest BCUT2D eigenvalue weighted by Gasteiger charge is 2.14. The van der Waals surface area contributed by atoms with E-state index >= 15 is 0 Å². The summed E-state index contributed by atoms with van der Waals surface area (Å²) in [5.74, 6) is 1.12. The van der Waals surface area contributed by atoms with Crippen molar-refractivity contribution in [3.63, 3.8) is 0 Å². The van der Waals surface area contributed by atoms with Crippen molar-refractivity contribution in [1.29, 1.82) is 0 Å². The molecule has 0 bridgehead atoms. The van der Waals surface area contributed by atoms with Crippen molar-refractivity contribution in [1.82, 2.24) is 14.9 Å². The Kier molecular flexibility index (Phi) is 9.40. The topological polar surface area (TPSA) is 112 Å². The van der Waals surface area contributed by atoms with Gasteiger partial charge in [0.1, 0.15) is 17.9 Å². The first-order valence-corrected chi connectivity index (χ1v) is 14.0. The largest absolute Gasteiger partial charge is 0.493 e. The van der Waals surface area contributed by atoms with Gasteiger partial charge in [0, 0.05) is 48.7 Å². The van der Waals surface area contributed by atoms with Gasteiger partial charge in [-0.15, -0.1) is 0 Å². The zero-order valence-corrected chi connectivity index (χ0v) is 23.7. The van der Waals surface area contributed by atoms with Gasteiger partial charge in [0.15, 0.2) is 5.82 Å². The second-order valence-electron chi connectivity index (χ2n) is 10.1. The number of hydrogen-bond donors (Lipinski definition) is 2. The Bertz CT molecular complexity index is 1500. The molecule has 3 heterocycles. The van der Waals surface area contributed by atoms with E-state index in [-0.39, 0.29) is 13.2 Å². The summed E-state index contributed by atoms with van der Waals surface area (Å²) in [4.78, 5) is 23.0. The number of aromatic nitrogens is 2. The second-order valence-corrected chi connectivity index (χ2v) is 10.1. The maximum Gasteiger partial charge on any atom is 0.320 e. The van der Waals surface area contributed by atoms with Gasteiger partial charge < -0.3 is 25.3 Å². The number of nitrogens with zero attached hydrogens (tertiary/aromatic N) is 3. The number of carbonyl (C=O) groups excluding carboxylic acids is 1. The third-order valence-electron chi connectivity index (χ3n) is 7.36. The fraction of sp³-hybridized carbons (Fsp3) is 0.344. The van der Waals surface area contributed by atoms with E-state index in [0.29, 0.717) is 12.4 Å². The number of morpholine rings is 1. The van der Waals surface area contributed by atoms with Crippen molar-refractivity contribution in [3.8, 4) is 16.9 Å². The average Bonchev–Trinajstić information content (AvgIpc) is 3.00. The van der Waals surface area contributed by atoms with Crippen molar-refractivity contribution >= 4 is 28.4 Å². The molecule has 0 aliphatic carbocycles. The Morgan fingerprint density at radius 1 is 1.05 bits per heavy atom. The summed E-state index contributed by atoms with van der Waals surface area (Å²) in [6.45, 7) is 9.53. The first-order chi connectivity index (χ1) is 20.0. The van der Waals surface area contributed by atoms with E-state index in [0.717, 1.165) is 89.4 Å². The smallest absolute Gasteiger partial charge is 0.320 e. The van der Waals surface area contributed by atoms with Gasteiger partial charge in [-0.3, -0.25) is 14.7 Å². The maximum absolute atomic E-state index is 11.4. The van der Waals surface area contributed by atoms with Crippen LogP contribution in [0.25, 0.3) is 22.0 Å². The average molecular weight is 556 g/mol. The quantitative estimate of drug-likeness (QED) is 0.200. The minimum Gasteiger partial charge on any atom is -0.493 e. The van der Waals surface area contributed by atoms with Crippen LogP contribution in [0.3, 0.4) is 0 Å². The lowest BCUT2D eigenvalue weighted by atomic mass is 9.95. The zero-order valence-electron chi connectivity index (χ0n) is 23.7. The minimum absolute atomic E-state index is 0.126. The number of ether oxygens (including phenoxy) is 3. The van der Waals surface area contributed by atoms with Crippen LogP contribution in [0.5, 0.6) is 5.75 Å². The predicted octanol–water partition coefficient (Wildman–Crippen LogP) is 4.76. The van der Waals surface area contributed by atoms with Crippen LogP contribution in [0, 0.1) is 13.8 Å². The maximum atomic E-state index is 11.4. The van der Waals surface area contributed by atoms with Crippen molar-refractivity contribution in [3.05, 3.63) is 77.6 Å². The number of rotatable bonds is 11. The highest BCUT2D eigenvalue weighted by molar-refractivity contribution is 5.91. The van der Waals surface area contributed by atoms with Crippen molar-refractivity contribution < 1.29 is 19.0 Å². The molecule has 0 saturated carbocycles. The predicted molar refractivity (Wildman–Crippen MR) is 160 cm³/mol. The van der Waals surface area contributed by atoms with E-state index in [2.05, 4.69) is 52.2 Å². The number of fused-ring (bicyclic) bond motifs is 1. The van der Waals surface area contributed by atoms with Crippen LogP contribution < -0.4 is 15.8 Å². The van der Waals surface area contributed by atoms with Gasteiger partial charge in [0.05, 0.1) is 26.4 Å². The van der Waals surface area contributed by atoms with Crippen LogP contribution in [-0.4, -0.2) is 66.8 Å². The summed E-state index contributed by atoms with van der Waals surface area (Å²) < 4.78 is 16.8. The van der Waals surface area contributed by atoms with E-state index < -0.39 is 5.97 Å². The summed E-state index contributed by atoms with van der Waals surface area (Å²) >= 11 is 0. The van der Waals surface area contributed by atoms with E-state index in [1.807, 2.05) is 30.3 Å². The van der Waals surface area contributed by atoms with Gasteiger partial charge >= 0.3 is 5.97 Å². The molecule has 9 heteroatoms. The molecule has 0 radical (unpaired) electrons. The number of nitrogens with one attached hydrogen (secondary N) is 1. The van der Waals surface area contributed by atoms with E-state index in [9.17, 15) is 4.79 Å². The first-order valence-electron chi connectivity index (χ1n) is 14.0. The molecule has 0 atom stereocenters. The van der Waals surface area contributed by atoms with Crippen LogP contribution >= 0.6 is 0 Å². The SMILES string of the molecule is Cc1c(Nc2nccc3cc(COC(=O)CN)cnc23)cccc1-c1cccc(OCCCN2CCOCC2)c1C. The van der Waals surface area contributed by atoms with E-state index in [1.54, 1.807) is 12.4 Å². The molecule has 1 saturated heterocycles. The molecule has 41 heavy (non-hydrogen) atoms. The third kappa shape index (κ3) is 7.00. The molecule has 1 aliphatic heterocycles. The molecule has 0 amide bonds. The molecule has 214 valence electrons. The Hall–Kier alpha value is -4.05. The normalized spacial score (nSPS) is 13.7. The number of carbonyl (C=O) groups is 1. The number of esters is 1. The molecule has 0 unspecified atom stereocenters. The second kappa shape index (κ2) is 13.5. The monoisotopic (exact) mass is 555 g/mol. The first kappa shape index (κ1) is 28.5. The van der Waals surface area contributed by atoms with Gasteiger partial charge in [-0.25, -0.2) is 4.98 Å². The fourth-order valence-electron chi connectivity index (χ4n) is 5.05. The van der Waals surface area contributed by atoms with Crippen molar-refractivity contribution in [2.45, 2.75) is 26.9 Å². The third-order valence-corrected chi connectivity index (χ3v) is 7.36. The minimum atomic E-state index is -0.450. The lowest BCUT2D eigenvalue weighted by molar-refractivity contribution is -0.143. The van der Waals surface area contributed by atoms with Gasteiger partial charge in [-0.1, -0.05) is 24.3 Å². The summed E-state index contributed by atoms with van der Waals surface area (Å²) in [6.07, 6.45) is 4.41. The molecular weight excluding hydrogens is 518 g/mol. The van der Waals surface area contributed by atoms with Crippen LogP contribution in [0.1, 0.15) is 23.1 Å². The molecule has 1 aliphatic rings. The Labute approximate surface area is 240 Å². The zero-order chi connectivity index (χ0) is 28.6. The molecular formula is C32H37N5O4. The van der Waals surface area contributed by atoms with Crippen molar-refractivity contribution in [2.75, 3.05) is 51.3 Å². The lowest BCUT2D eigenvalue weighted by Crippen LogP contribution is -2.37. The van der Waals surface area contributed by atoms with Crippen molar-refractivity contribution in [2.24, 2.45) is 5.73 Å². The van der Waals surface area contributed by atoms with Gasteiger partial charge in [-0.2, -0.15) is 0 Å². The summed E-state index contributed by atoms with van der Waals surface area (Å²) in [7, 11) is 0. The Balaban J connectivity index is 1.31. The summed E-state index contributed by atoms with van der Waals surface area (Å²) in [5.41, 5.74) is 12.3. The number of benzene rings is 2. The number of hydrogen-bond acceptors (Lipinski definition) is 9. The van der Waals surface area contributed by atoms with Crippen LogP contribution in [0.4, 0.5) is 11.5 Å². The van der Waals surface area contributed by atoms with E-state index in [1.165, 1.54) is 0 Å². The summed E-state index contributed by atoms with van der Waals surface area (Å²) in [5, 5.41) is 4.39. The molecule has 0 spiro atoms. The van der Waals surface area contributed by atoms with Crippen LogP contribution in [0.15, 0.2) is 60.9 Å². The lowest BCUT2D eigenvalue weighted by Gasteiger charge is -2.26. The molecule has 9 nitrogen and oxygen atoms in total. The summed E-state index contributed by atoms with van der Waals surface area (Å²) in [6, 6.07) is 16.3. The number of anilines is 2. The number of nitrogens with two attached hydrogens (primary N) is 1. The molecule has 4 aromatic rings. The van der Waals surface area contributed by atoms with Gasteiger partial charge in [-0.05, 0) is 66.8 Å². The van der Waals surface area contributed by atoms with Gasteiger partial charge in [0.25, 0.3) is 0 Å². The van der Waals surface area contributed by atoms with E-state index in [4.69, 9.17) is 19.9 Å². The fourth-order valence-corrected chi connectivity index (χ4v) is 5.05. The van der Waals surface area contributed by atoms with Crippen LogP contribution in [0.2, 0.25) is 0 Å². The highest BCUT2D eigenvalue weighted by atomic mass is 16.5. The Morgan fingerprint density at radius 3 is 2.63 bits per heavy atom. The van der Waals surface area contributed by atoms with Gasteiger partial charge in [0.2, 0.25) is 0 Å². The Morgan fingerprint density at radius 2 is 1.83 bits per heavy atom. The molecule has 5 rings (SSSR count). The standard InChI is InChI=1S/C32H37N5O4/c1-22-26(27-7-4-9-29(23(27)2)40-15-5-12-37-13-16-39-17-14-37)6-3-8-28(22)36-32-31-25(10-11-34-32)18-24(20-35-31)21-41-30(38)19-33/h3-4,6-11,18,20H,5,12-17,19,21,33H2,1-2H3,(H,34,36). The molecule has 1 fully saturated rings. The molecule has 2 aromatic heterocycles. The molecule has 3 N–H and O–H groups in total. The highest BCUT2D eigenvalue weighted by Crippen LogP contribution is 2.36. The van der Waals surface area contributed by atoms with Crippen LogP contribution in [-0.2, 0) is 20.9 Å². The number of pyridine rings is 2. The molecule has 2 aromatic carbocycles.